The fourth-order valence-corrected chi connectivity index (χ4v) is 7.99. The van der Waals surface area contributed by atoms with E-state index in [1.807, 2.05) is 43.3 Å². The molecule has 0 aliphatic heterocycles. The maximum absolute atomic E-state index is 13.0. The van der Waals surface area contributed by atoms with Crippen LogP contribution in [0.4, 0.5) is 5.69 Å². The molecule has 6 heteroatoms. The number of hydrogen-bond acceptors (Lipinski definition) is 3. The molecular formula is C28H36N2O3S. The predicted molar refractivity (Wildman–Crippen MR) is 136 cm³/mol. The maximum Gasteiger partial charge on any atom is 0.243 e. The fraction of sp³-hybridized carbons (Fsp3) is 0.536. The first-order chi connectivity index (χ1) is 16.1. The number of hydrogen-bond donors (Lipinski definition) is 0. The van der Waals surface area contributed by atoms with Gasteiger partial charge in [0.1, 0.15) is 6.54 Å². The van der Waals surface area contributed by atoms with E-state index in [2.05, 4.69) is 12.1 Å². The maximum atomic E-state index is 13.0. The zero-order chi connectivity index (χ0) is 24.1. The van der Waals surface area contributed by atoms with Crippen molar-refractivity contribution >= 4 is 21.6 Å². The van der Waals surface area contributed by atoms with Gasteiger partial charge < -0.3 is 4.90 Å². The molecular weight excluding hydrogens is 444 g/mol. The smallest absolute Gasteiger partial charge is 0.243 e. The van der Waals surface area contributed by atoms with Gasteiger partial charge in [-0.25, -0.2) is 8.42 Å². The van der Waals surface area contributed by atoms with Gasteiger partial charge in [0.25, 0.3) is 0 Å². The molecule has 0 spiro atoms. The Bertz CT molecular complexity index is 1120. The van der Waals surface area contributed by atoms with E-state index in [-0.39, 0.29) is 17.9 Å². The third-order valence-electron chi connectivity index (χ3n) is 8.45. The largest absolute Gasteiger partial charge is 0.340 e. The molecule has 5 nitrogen and oxygen atoms in total. The van der Waals surface area contributed by atoms with Gasteiger partial charge in [-0.2, -0.15) is 0 Å². The highest BCUT2D eigenvalue weighted by Gasteiger charge is 2.51. The first-order valence-electron chi connectivity index (χ1n) is 12.5. The Morgan fingerprint density at radius 2 is 1.44 bits per heavy atom. The molecule has 34 heavy (non-hydrogen) atoms. The number of likely N-dealkylation sites (N-methyl/N-ethyl adjacent to an activating group) is 1. The molecule has 0 aromatic heterocycles. The summed E-state index contributed by atoms with van der Waals surface area (Å²) < 4.78 is 26.5. The van der Waals surface area contributed by atoms with Crippen LogP contribution in [0.25, 0.3) is 0 Å². The quantitative estimate of drug-likeness (QED) is 0.567. The van der Waals surface area contributed by atoms with E-state index < -0.39 is 10.0 Å². The molecule has 2 aromatic rings. The molecule has 1 amide bonds. The van der Waals surface area contributed by atoms with Crippen LogP contribution in [-0.4, -0.2) is 39.1 Å². The van der Waals surface area contributed by atoms with Gasteiger partial charge in [0.15, 0.2) is 0 Å². The third-order valence-corrected chi connectivity index (χ3v) is 9.59. The molecule has 0 radical (unpaired) electrons. The molecule has 0 heterocycles. The van der Waals surface area contributed by atoms with Crippen molar-refractivity contribution in [3.63, 3.8) is 0 Å². The van der Waals surface area contributed by atoms with Crippen LogP contribution in [0, 0.1) is 24.7 Å². The van der Waals surface area contributed by atoms with Crippen LogP contribution < -0.4 is 4.31 Å². The Balaban J connectivity index is 1.32. The van der Waals surface area contributed by atoms with E-state index in [1.165, 1.54) is 54.6 Å². The second-order valence-corrected chi connectivity index (χ2v) is 13.2. The molecule has 0 saturated heterocycles. The molecule has 0 N–H and O–H groups in total. The highest BCUT2D eigenvalue weighted by atomic mass is 32.2. The minimum atomic E-state index is -3.60. The number of benzene rings is 2. The first kappa shape index (κ1) is 23.4. The van der Waals surface area contributed by atoms with E-state index in [9.17, 15) is 13.2 Å². The number of sulfonamides is 1. The summed E-state index contributed by atoms with van der Waals surface area (Å²) in [6, 6.07) is 16.1. The summed E-state index contributed by atoms with van der Waals surface area (Å²) in [7, 11) is -1.88. The molecule has 182 valence electrons. The average molecular weight is 481 g/mol. The number of carbonyl (C=O) groups excluding carboxylic acids is 1. The summed E-state index contributed by atoms with van der Waals surface area (Å²) in [4.78, 5) is 14.6. The van der Waals surface area contributed by atoms with E-state index in [4.69, 9.17) is 0 Å². The molecule has 4 aliphatic carbocycles. The van der Waals surface area contributed by atoms with Crippen molar-refractivity contribution in [2.24, 2.45) is 17.8 Å². The Morgan fingerprint density at radius 3 is 1.94 bits per heavy atom. The molecule has 4 saturated carbocycles. The SMILES string of the molecule is Cc1ccc(CN(C)C(=O)CN(c2ccc(C34CC5CC(CC(C5)C3)C4)cc2)S(C)(=O)=O)cc1. The molecule has 6 rings (SSSR count). The molecule has 4 bridgehead atoms. The van der Waals surface area contributed by atoms with Gasteiger partial charge in [0.2, 0.25) is 15.9 Å². The molecule has 2 aromatic carbocycles. The lowest BCUT2D eigenvalue weighted by Gasteiger charge is -2.57. The summed E-state index contributed by atoms with van der Waals surface area (Å²) in [5.74, 6) is 2.36. The minimum absolute atomic E-state index is 0.197. The lowest BCUT2D eigenvalue weighted by atomic mass is 9.48. The van der Waals surface area contributed by atoms with Gasteiger partial charge in [-0.1, -0.05) is 42.0 Å². The lowest BCUT2D eigenvalue weighted by Crippen LogP contribution is -2.48. The van der Waals surface area contributed by atoms with Gasteiger partial charge >= 0.3 is 0 Å². The zero-order valence-corrected chi connectivity index (χ0v) is 21.4. The van der Waals surface area contributed by atoms with E-state index in [1.54, 1.807) is 11.9 Å². The number of carbonyl (C=O) groups is 1. The van der Waals surface area contributed by atoms with E-state index >= 15 is 0 Å². The minimum Gasteiger partial charge on any atom is -0.340 e. The van der Waals surface area contributed by atoms with Crippen LogP contribution in [0.1, 0.15) is 55.2 Å². The van der Waals surface area contributed by atoms with Gasteiger partial charge in [-0.3, -0.25) is 9.10 Å². The normalized spacial score (nSPS) is 27.6. The lowest BCUT2D eigenvalue weighted by molar-refractivity contribution is -0.128. The molecule has 4 aliphatic rings. The average Bonchev–Trinajstić information content (AvgIpc) is 2.77. The van der Waals surface area contributed by atoms with Crippen molar-refractivity contribution in [3.8, 4) is 0 Å². The van der Waals surface area contributed by atoms with Crippen molar-refractivity contribution in [2.45, 2.75) is 57.4 Å². The Kier molecular flexibility index (Phi) is 5.99. The second kappa shape index (κ2) is 8.71. The highest BCUT2D eigenvalue weighted by molar-refractivity contribution is 7.92. The summed E-state index contributed by atoms with van der Waals surface area (Å²) >= 11 is 0. The van der Waals surface area contributed by atoms with Gasteiger partial charge in [0.05, 0.1) is 11.9 Å². The van der Waals surface area contributed by atoms with Crippen molar-refractivity contribution in [1.29, 1.82) is 0 Å². The third kappa shape index (κ3) is 4.61. The monoisotopic (exact) mass is 480 g/mol. The van der Waals surface area contributed by atoms with Crippen LogP contribution in [-0.2, 0) is 26.8 Å². The summed E-state index contributed by atoms with van der Waals surface area (Å²) in [6.45, 7) is 2.27. The van der Waals surface area contributed by atoms with Crippen LogP contribution >= 0.6 is 0 Å². The van der Waals surface area contributed by atoms with Crippen LogP contribution in [0.5, 0.6) is 0 Å². The van der Waals surface area contributed by atoms with Gasteiger partial charge in [0, 0.05) is 13.6 Å². The zero-order valence-electron chi connectivity index (χ0n) is 20.5. The molecule has 0 atom stereocenters. The number of anilines is 1. The number of amides is 1. The Morgan fingerprint density at radius 1 is 0.912 bits per heavy atom. The van der Waals surface area contributed by atoms with Gasteiger partial charge in [-0.05, 0) is 91.9 Å². The summed E-state index contributed by atoms with van der Waals surface area (Å²) in [5.41, 5.74) is 4.37. The Hall–Kier alpha value is -2.34. The van der Waals surface area contributed by atoms with E-state index in [0.29, 0.717) is 12.2 Å². The summed E-state index contributed by atoms with van der Waals surface area (Å²) in [5, 5.41) is 0. The highest BCUT2D eigenvalue weighted by Crippen LogP contribution is 2.60. The van der Waals surface area contributed by atoms with Crippen molar-refractivity contribution in [2.75, 3.05) is 24.2 Å². The van der Waals surface area contributed by atoms with Crippen LogP contribution in [0.15, 0.2) is 48.5 Å². The van der Waals surface area contributed by atoms with Crippen LogP contribution in [0.3, 0.4) is 0 Å². The van der Waals surface area contributed by atoms with Crippen LogP contribution in [0.2, 0.25) is 0 Å². The molecule has 0 unspecified atom stereocenters. The van der Waals surface area contributed by atoms with Gasteiger partial charge in [-0.15, -0.1) is 0 Å². The first-order valence-corrected chi connectivity index (χ1v) is 14.3. The number of nitrogens with zero attached hydrogens (tertiary/aromatic N) is 2. The summed E-state index contributed by atoms with van der Waals surface area (Å²) in [6.07, 6.45) is 9.20. The standard InChI is InChI=1S/C28H36N2O3S/c1-20-4-6-21(7-5-20)18-29(2)27(31)19-30(34(3,32)33)26-10-8-25(9-11-26)28-15-22-12-23(16-28)14-24(13-22)17-28/h4-11,22-24H,12-19H2,1-3H3. The fourth-order valence-electron chi connectivity index (χ4n) is 7.14. The number of rotatable bonds is 7. The Labute approximate surface area is 204 Å². The van der Waals surface area contributed by atoms with Crippen molar-refractivity contribution in [3.05, 3.63) is 65.2 Å². The van der Waals surface area contributed by atoms with E-state index in [0.717, 1.165) is 28.9 Å². The molecule has 4 fully saturated rings. The predicted octanol–water partition coefficient (Wildman–Crippen LogP) is 4.89. The topological polar surface area (TPSA) is 57.7 Å². The number of aryl methyl sites for hydroxylation is 1. The van der Waals surface area contributed by atoms with Crippen molar-refractivity contribution < 1.29 is 13.2 Å². The van der Waals surface area contributed by atoms with Crippen molar-refractivity contribution in [1.82, 2.24) is 4.90 Å². The second-order valence-electron chi connectivity index (χ2n) is 11.2.